The van der Waals surface area contributed by atoms with E-state index in [1.807, 2.05) is 19.9 Å². The zero-order valence-corrected chi connectivity index (χ0v) is 24.8. The molecule has 6 nitrogen and oxygen atoms in total. The van der Waals surface area contributed by atoms with Gasteiger partial charge in [-0.05, 0) is 47.9 Å². The van der Waals surface area contributed by atoms with Crippen LogP contribution in [0.5, 0.6) is 0 Å². The van der Waals surface area contributed by atoms with Crippen LogP contribution in [0.1, 0.15) is 37.0 Å². The molecule has 11 heteroatoms. The number of aryl methyl sites for hydroxylation is 1. The first kappa shape index (κ1) is 30.6. The summed E-state index contributed by atoms with van der Waals surface area (Å²) in [7, 11) is 0. The van der Waals surface area contributed by atoms with Crippen molar-refractivity contribution in [2.75, 3.05) is 22.2 Å². The summed E-state index contributed by atoms with van der Waals surface area (Å²) in [5.74, 6) is -0.364. The van der Waals surface area contributed by atoms with Crippen LogP contribution in [0.2, 0.25) is 0 Å². The molecule has 0 fully saturated rings. The van der Waals surface area contributed by atoms with Crippen LogP contribution in [0.3, 0.4) is 0 Å². The average Bonchev–Trinajstić information content (AvgIpc) is 2.86. The second-order valence-electron chi connectivity index (χ2n) is 7.96. The minimum absolute atomic E-state index is 0. The number of hydrazone groups is 1. The van der Waals surface area contributed by atoms with Crippen LogP contribution in [0.25, 0.3) is 0 Å². The zero-order valence-electron chi connectivity index (χ0n) is 20.6. The fourth-order valence-electron chi connectivity index (χ4n) is 3.51. The summed E-state index contributed by atoms with van der Waals surface area (Å²) in [6.45, 7) is 12.0. The Kier molecular flexibility index (Phi) is 11.4. The fraction of sp³-hybridized carbons (Fsp3) is 0.269. The number of nitrogens with zero attached hydrogens (tertiary/aromatic N) is 4. The van der Waals surface area contributed by atoms with Crippen molar-refractivity contribution in [3.8, 4) is 0 Å². The number of aromatic nitrogens is 2. The van der Waals surface area contributed by atoms with Crippen LogP contribution in [0.4, 0.5) is 40.7 Å². The molecule has 194 valence electrons. The number of alkyl halides is 3. The largest absolute Gasteiger partial charge is 2.00 e. The summed E-state index contributed by atoms with van der Waals surface area (Å²) in [4.78, 5) is 9.80. The quantitative estimate of drug-likeness (QED) is 0.106. The van der Waals surface area contributed by atoms with E-state index in [-0.39, 0.29) is 48.9 Å². The van der Waals surface area contributed by atoms with E-state index < -0.39 is 17.6 Å². The maximum Gasteiger partial charge on any atom is 2.00 e. The van der Waals surface area contributed by atoms with Gasteiger partial charge in [0.1, 0.15) is 0 Å². The summed E-state index contributed by atoms with van der Waals surface area (Å²) >= 11 is 0. The minimum Gasteiger partial charge on any atom is -0.411 e. The summed E-state index contributed by atoms with van der Waals surface area (Å²) < 4.78 is 53.3. The molecule has 0 spiro atoms. The third kappa shape index (κ3) is 8.17. The van der Waals surface area contributed by atoms with Crippen LogP contribution in [-0.2, 0) is 12.6 Å². The molecule has 0 amide bonds. The van der Waals surface area contributed by atoms with Crippen LogP contribution < -0.4 is 15.6 Å². The Bertz CT molecular complexity index is 1200. The standard InChI is InChI=1S/C26H28F4N6.U/c1-5-17(4)36(7-3)24-23(27)16-31-25(34-24)35-32-15-19-11-12-22(13-18(19)6-2)33-21-10-8-9-20(14-21)26(28,29)30;/h8-17,33H,3-7H2,1-2H3,(H,31,34,35);/q-2;+2/b32-15+;. The second kappa shape index (κ2) is 13.8. The van der Waals surface area contributed by atoms with Crippen LogP contribution in [0, 0.1) is 50.8 Å². The third-order valence-corrected chi connectivity index (χ3v) is 5.52. The third-order valence-electron chi connectivity index (χ3n) is 5.52. The number of nitrogens with one attached hydrogen (secondary N) is 2. The Balaban J connectivity index is 0.00000481. The first-order valence-corrected chi connectivity index (χ1v) is 11.4. The van der Waals surface area contributed by atoms with E-state index >= 15 is 0 Å². The minimum atomic E-state index is -4.41. The van der Waals surface area contributed by atoms with Gasteiger partial charge in [-0.3, -0.25) is 0 Å². The molecule has 0 aliphatic rings. The number of hydrogen-bond donors (Lipinski definition) is 2. The van der Waals surface area contributed by atoms with E-state index in [0.29, 0.717) is 30.8 Å². The Morgan fingerprint density at radius 2 is 1.86 bits per heavy atom. The molecule has 0 saturated carbocycles. The molecule has 0 radical (unpaired) electrons. The SMILES string of the molecule is [CH2-]CN(c1nc(N/N=C/c2ccc(Nc3cccc(C(F)(F)F)c3)cc2CC)ncc1F)C([CH2-])CC.[U+2]. The smallest absolute Gasteiger partial charge is 0.411 e. The monoisotopic (exact) mass is 738 g/mol. The van der Waals surface area contributed by atoms with Gasteiger partial charge in [-0.25, -0.2) is 14.8 Å². The van der Waals surface area contributed by atoms with Crippen molar-refractivity contribution >= 4 is 29.4 Å². The Morgan fingerprint density at radius 1 is 1.14 bits per heavy atom. The van der Waals surface area contributed by atoms with Crippen molar-refractivity contribution in [2.45, 2.75) is 38.9 Å². The van der Waals surface area contributed by atoms with E-state index in [1.54, 1.807) is 29.3 Å². The van der Waals surface area contributed by atoms with Gasteiger partial charge in [0.2, 0.25) is 5.95 Å². The average molecular weight is 739 g/mol. The summed E-state index contributed by atoms with van der Waals surface area (Å²) in [5.41, 5.74) is 4.70. The number of anilines is 4. The van der Waals surface area contributed by atoms with Crippen molar-refractivity contribution in [3.63, 3.8) is 0 Å². The maximum atomic E-state index is 14.3. The summed E-state index contributed by atoms with van der Waals surface area (Å²) in [6.07, 6.45) is -0.410. The van der Waals surface area contributed by atoms with Gasteiger partial charge in [0.15, 0.2) is 11.6 Å². The normalized spacial score (nSPS) is 12.2. The topological polar surface area (TPSA) is 65.4 Å². The van der Waals surface area contributed by atoms with Gasteiger partial charge in [0, 0.05) is 11.4 Å². The fourth-order valence-corrected chi connectivity index (χ4v) is 3.51. The number of benzene rings is 2. The van der Waals surface area contributed by atoms with Crippen molar-refractivity contribution in [1.82, 2.24) is 9.97 Å². The van der Waals surface area contributed by atoms with Crippen LogP contribution >= 0.6 is 0 Å². The molecule has 3 rings (SSSR count). The predicted molar refractivity (Wildman–Crippen MR) is 136 cm³/mol. The molecular formula is C26H28F4N6U. The molecule has 2 aromatic carbocycles. The number of halogens is 4. The molecule has 1 atom stereocenters. The maximum absolute atomic E-state index is 14.3. The van der Waals surface area contributed by atoms with Crippen molar-refractivity contribution < 1.29 is 48.7 Å². The Hall–Kier alpha value is -2.64. The van der Waals surface area contributed by atoms with Gasteiger partial charge >= 0.3 is 37.3 Å². The predicted octanol–water partition coefficient (Wildman–Crippen LogP) is 6.64. The van der Waals surface area contributed by atoms with E-state index in [0.717, 1.165) is 29.5 Å². The van der Waals surface area contributed by atoms with Gasteiger partial charge in [0.05, 0.1) is 18.0 Å². The molecule has 3 aromatic rings. The number of rotatable bonds is 10. The second-order valence-corrected chi connectivity index (χ2v) is 7.96. The van der Waals surface area contributed by atoms with Crippen molar-refractivity contribution in [2.24, 2.45) is 5.10 Å². The molecule has 37 heavy (non-hydrogen) atoms. The zero-order chi connectivity index (χ0) is 26.3. The van der Waals surface area contributed by atoms with E-state index in [2.05, 4.69) is 39.7 Å². The molecule has 0 bridgehead atoms. The molecule has 1 unspecified atom stereocenters. The molecule has 0 aliphatic carbocycles. The summed E-state index contributed by atoms with van der Waals surface area (Å²) in [5, 5.41) is 7.19. The molecule has 0 aliphatic heterocycles. The molecule has 2 N–H and O–H groups in total. The number of hydrogen-bond acceptors (Lipinski definition) is 6. The van der Waals surface area contributed by atoms with Gasteiger partial charge in [-0.1, -0.05) is 38.4 Å². The first-order chi connectivity index (χ1) is 17.2. The van der Waals surface area contributed by atoms with Crippen LogP contribution in [-0.4, -0.2) is 28.8 Å². The first-order valence-electron chi connectivity index (χ1n) is 11.4. The molecule has 1 aromatic heterocycles. The van der Waals surface area contributed by atoms with E-state index in [4.69, 9.17) is 0 Å². The van der Waals surface area contributed by atoms with Crippen LogP contribution in [0.15, 0.2) is 53.8 Å². The summed E-state index contributed by atoms with van der Waals surface area (Å²) in [6, 6.07) is 10.2. The molecule has 1 heterocycles. The van der Waals surface area contributed by atoms with Crippen molar-refractivity contribution in [3.05, 3.63) is 85.0 Å². The van der Waals surface area contributed by atoms with E-state index in [1.165, 1.54) is 6.07 Å². The van der Waals surface area contributed by atoms with E-state index in [9.17, 15) is 17.6 Å². The van der Waals surface area contributed by atoms with Gasteiger partial charge in [0.25, 0.3) is 0 Å². The Morgan fingerprint density at radius 3 is 2.51 bits per heavy atom. The molecular weight excluding hydrogens is 710 g/mol. The Labute approximate surface area is 238 Å². The van der Waals surface area contributed by atoms with Gasteiger partial charge < -0.3 is 24.1 Å². The van der Waals surface area contributed by atoms with Gasteiger partial charge in [-0.15, -0.1) is 6.54 Å². The van der Waals surface area contributed by atoms with Gasteiger partial charge in [-0.2, -0.15) is 23.3 Å². The van der Waals surface area contributed by atoms with Crippen molar-refractivity contribution in [1.29, 1.82) is 0 Å². The molecule has 0 saturated heterocycles.